The third kappa shape index (κ3) is 3.55. The predicted octanol–water partition coefficient (Wildman–Crippen LogP) is 3.19. The average Bonchev–Trinajstić information content (AvgIpc) is 2.57. The Morgan fingerprint density at radius 3 is 2.64 bits per heavy atom. The molecular formula is C17H21N3O2. The van der Waals surface area contributed by atoms with E-state index in [4.69, 9.17) is 4.74 Å². The van der Waals surface area contributed by atoms with E-state index < -0.39 is 0 Å². The van der Waals surface area contributed by atoms with Crippen molar-refractivity contribution in [1.82, 2.24) is 4.98 Å². The number of hydrogen-bond acceptors (Lipinski definition) is 4. The molecule has 5 nitrogen and oxygen atoms in total. The Balaban J connectivity index is 2.21. The van der Waals surface area contributed by atoms with Gasteiger partial charge in [0.05, 0.1) is 12.8 Å². The number of aromatic nitrogens is 1. The number of benzene rings is 1. The standard InChI is InChI=1S/C17H21N3O2/c1-4-20(5-2)13-10-11-18-15(12-13)17(21)19-14-8-6-7-9-16(14)22-3/h6-12H,4-5H2,1-3H3,(H,19,21). The van der Waals surface area contributed by atoms with Gasteiger partial charge in [-0.25, -0.2) is 0 Å². The lowest BCUT2D eigenvalue weighted by Crippen LogP contribution is -2.23. The van der Waals surface area contributed by atoms with Gasteiger partial charge in [-0.2, -0.15) is 0 Å². The van der Waals surface area contributed by atoms with Gasteiger partial charge in [-0.1, -0.05) is 12.1 Å². The van der Waals surface area contributed by atoms with Crippen LogP contribution >= 0.6 is 0 Å². The summed E-state index contributed by atoms with van der Waals surface area (Å²) >= 11 is 0. The first kappa shape index (κ1) is 15.8. The zero-order chi connectivity index (χ0) is 15.9. The van der Waals surface area contributed by atoms with Crippen molar-refractivity contribution >= 4 is 17.3 Å². The fourth-order valence-electron chi connectivity index (χ4n) is 2.26. The molecule has 0 unspecified atom stereocenters. The van der Waals surface area contributed by atoms with Crippen LogP contribution < -0.4 is 15.0 Å². The third-order valence-corrected chi connectivity index (χ3v) is 3.46. The summed E-state index contributed by atoms with van der Waals surface area (Å²) in [7, 11) is 1.57. The Morgan fingerprint density at radius 1 is 1.23 bits per heavy atom. The number of carbonyl (C=O) groups is 1. The molecule has 0 bridgehead atoms. The van der Waals surface area contributed by atoms with Crippen LogP contribution in [0.1, 0.15) is 24.3 Å². The van der Waals surface area contributed by atoms with Crippen LogP contribution in [0.5, 0.6) is 5.75 Å². The largest absolute Gasteiger partial charge is 0.495 e. The summed E-state index contributed by atoms with van der Waals surface area (Å²) < 4.78 is 5.24. The molecule has 1 aromatic heterocycles. The number of para-hydroxylation sites is 2. The minimum absolute atomic E-state index is 0.251. The molecule has 0 radical (unpaired) electrons. The normalized spacial score (nSPS) is 10.1. The number of hydrogen-bond donors (Lipinski definition) is 1. The minimum Gasteiger partial charge on any atom is -0.495 e. The van der Waals surface area contributed by atoms with Crippen molar-refractivity contribution in [1.29, 1.82) is 0 Å². The number of ether oxygens (including phenoxy) is 1. The van der Waals surface area contributed by atoms with Gasteiger partial charge in [0.1, 0.15) is 11.4 Å². The number of rotatable bonds is 6. The first-order valence-electron chi connectivity index (χ1n) is 7.35. The van der Waals surface area contributed by atoms with E-state index in [1.807, 2.05) is 18.2 Å². The minimum atomic E-state index is -0.251. The van der Waals surface area contributed by atoms with Crippen LogP contribution in [-0.2, 0) is 0 Å². The number of pyridine rings is 1. The third-order valence-electron chi connectivity index (χ3n) is 3.46. The van der Waals surface area contributed by atoms with Gasteiger partial charge in [0.25, 0.3) is 5.91 Å². The van der Waals surface area contributed by atoms with E-state index >= 15 is 0 Å². The number of methoxy groups -OCH3 is 1. The zero-order valence-electron chi connectivity index (χ0n) is 13.2. The van der Waals surface area contributed by atoms with E-state index in [0.717, 1.165) is 18.8 Å². The maximum Gasteiger partial charge on any atom is 0.274 e. The molecule has 0 aliphatic rings. The van der Waals surface area contributed by atoms with Gasteiger partial charge in [-0.15, -0.1) is 0 Å². The molecule has 1 heterocycles. The van der Waals surface area contributed by atoms with Crippen molar-refractivity contribution in [3.8, 4) is 5.75 Å². The first-order chi connectivity index (χ1) is 10.7. The smallest absolute Gasteiger partial charge is 0.274 e. The molecule has 1 N–H and O–H groups in total. The fourth-order valence-corrected chi connectivity index (χ4v) is 2.26. The fraction of sp³-hybridized carbons (Fsp3) is 0.294. The van der Waals surface area contributed by atoms with Crippen molar-refractivity contribution < 1.29 is 9.53 Å². The summed E-state index contributed by atoms with van der Waals surface area (Å²) in [6.45, 7) is 5.93. The van der Waals surface area contributed by atoms with Gasteiger partial charge in [0.2, 0.25) is 0 Å². The highest BCUT2D eigenvalue weighted by Crippen LogP contribution is 2.24. The number of carbonyl (C=O) groups excluding carboxylic acids is 1. The van der Waals surface area contributed by atoms with Crippen molar-refractivity contribution in [2.24, 2.45) is 0 Å². The summed E-state index contributed by atoms with van der Waals surface area (Å²) in [5.41, 5.74) is 2.01. The van der Waals surface area contributed by atoms with E-state index in [1.54, 1.807) is 31.5 Å². The molecule has 116 valence electrons. The van der Waals surface area contributed by atoms with Crippen LogP contribution in [0, 0.1) is 0 Å². The molecule has 0 atom stereocenters. The maximum absolute atomic E-state index is 12.4. The van der Waals surface area contributed by atoms with Gasteiger partial charge in [-0.05, 0) is 38.1 Å². The molecular weight excluding hydrogens is 278 g/mol. The number of nitrogens with zero attached hydrogens (tertiary/aromatic N) is 2. The summed E-state index contributed by atoms with van der Waals surface area (Å²) in [6, 6.07) is 11.0. The van der Waals surface area contributed by atoms with Gasteiger partial charge in [0.15, 0.2) is 0 Å². The van der Waals surface area contributed by atoms with Crippen LogP contribution in [0.3, 0.4) is 0 Å². The van der Waals surface area contributed by atoms with Gasteiger partial charge in [0, 0.05) is 25.0 Å². The van der Waals surface area contributed by atoms with E-state index in [1.165, 1.54) is 0 Å². The summed E-state index contributed by atoms with van der Waals surface area (Å²) in [5, 5.41) is 2.83. The summed E-state index contributed by atoms with van der Waals surface area (Å²) in [5.74, 6) is 0.370. The second-order valence-electron chi connectivity index (χ2n) is 4.73. The van der Waals surface area contributed by atoms with Crippen LogP contribution in [-0.4, -0.2) is 31.1 Å². The van der Waals surface area contributed by atoms with Crippen molar-refractivity contribution in [2.45, 2.75) is 13.8 Å². The van der Waals surface area contributed by atoms with Gasteiger partial charge >= 0.3 is 0 Å². The van der Waals surface area contributed by atoms with Crippen LogP contribution in [0.15, 0.2) is 42.6 Å². The van der Waals surface area contributed by atoms with E-state index in [9.17, 15) is 4.79 Å². The highest BCUT2D eigenvalue weighted by atomic mass is 16.5. The van der Waals surface area contributed by atoms with Crippen LogP contribution in [0.25, 0.3) is 0 Å². The molecule has 22 heavy (non-hydrogen) atoms. The second kappa shape index (κ2) is 7.45. The molecule has 0 aliphatic heterocycles. The molecule has 2 rings (SSSR count). The Morgan fingerprint density at radius 2 is 1.95 bits per heavy atom. The Kier molecular flexibility index (Phi) is 5.36. The maximum atomic E-state index is 12.4. The Labute approximate surface area is 130 Å². The molecule has 0 aliphatic carbocycles. The highest BCUT2D eigenvalue weighted by Gasteiger charge is 2.12. The van der Waals surface area contributed by atoms with E-state index in [-0.39, 0.29) is 5.91 Å². The lowest BCUT2D eigenvalue weighted by molar-refractivity contribution is 0.102. The molecule has 0 saturated heterocycles. The van der Waals surface area contributed by atoms with E-state index in [2.05, 4.69) is 29.0 Å². The number of nitrogens with one attached hydrogen (secondary N) is 1. The van der Waals surface area contributed by atoms with Crippen molar-refractivity contribution in [2.75, 3.05) is 30.4 Å². The topological polar surface area (TPSA) is 54.5 Å². The summed E-state index contributed by atoms with van der Waals surface area (Å²) in [4.78, 5) is 18.7. The monoisotopic (exact) mass is 299 g/mol. The Bertz CT molecular complexity index is 639. The quantitative estimate of drug-likeness (QED) is 0.890. The number of amides is 1. The SMILES string of the molecule is CCN(CC)c1ccnc(C(=O)Nc2ccccc2OC)c1. The van der Waals surface area contributed by atoms with Crippen molar-refractivity contribution in [3.63, 3.8) is 0 Å². The van der Waals surface area contributed by atoms with Gasteiger partial charge in [-0.3, -0.25) is 9.78 Å². The first-order valence-corrected chi connectivity index (χ1v) is 7.35. The molecule has 1 amide bonds. The number of anilines is 2. The molecule has 0 fully saturated rings. The molecule has 5 heteroatoms. The second-order valence-corrected chi connectivity index (χ2v) is 4.73. The van der Waals surface area contributed by atoms with E-state index in [0.29, 0.717) is 17.1 Å². The lowest BCUT2D eigenvalue weighted by Gasteiger charge is -2.21. The Hall–Kier alpha value is -2.56. The lowest BCUT2D eigenvalue weighted by atomic mass is 10.2. The van der Waals surface area contributed by atoms with Gasteiger partial charge < -0.3 is 15.0 Å². The zero-order valence-corrected chi connectivity index (χ0v) is 13.2. The molecule has 1 aromatic carbocycles. The van der Waals surface area contributed by atoms with Crippen LogP contribution in [0.4, 0.5) is 11.4 Å². The van der Waals surface area contributed by atoms with Crippen LogP contribution in [0.2, 0.25) is 0 Å². The molecule has 2 aromatic rings. The molecule has 0 spiro atoms. The highest BCUT2D eigenvalue weighted by molar-refractivity contribution is 6.04. The average molecular weight is 299 g/mol. The predicted molar refractivity (Wildman–Crippen MR) is 88.7 cm³/mol. The summed E-state index contributed by atoms with van der Waals surface area (Å²) in [6.07, 6.45) is 1.66. The molecule has 0 saturated carbocycles. The van der Waals surface area contributed by atoms with Crippen molar-refractivity contribution in [3.05, 3.63) is 48.3 Å².